The summed E-state index contributed by atoms with van der Waals surface area (Å²) in [7, 11) is 0. The molecule has 3 atom stereocenters. The van der Waals surface area contributed by atoms with Gasteiger partial charge in [-0.2, -0.15) is 10.1 Å². The van der Waals surface area contributed by atoms with Crippen molar-refractivity contribution in [1.29, 1.82) is 0 Å². The van der Waals surface area contributed by atoms with Gasteiger partial charge in [0, 0.05) is 24.5 Å². The van der Waals surface area contributed by atoms with Crippen LogP contribution in [-0.4, -0.2) is 25.8 Å². The van der Waals surface area contributed by atoms with Gasteiger partial charge < -0.3 is 10.6 Å². The van der Waals surface area contributed by atoms with Crippen molar-refractivity contribution >= 4 is 22.7 Å². The molecule has 4 aromatic rings. The van der Waals surface area contributed by atoms with E-state index in [-0.39, 0.29) is 0 Å². The number of aromatic nitrogens is 4. The van der Waals surface area contributed by atoms with E-state index in [1.807, 2.05) is 12.4 Å². The molecule has 6 nitrogen and oxygen atoms in total. The van der Waals surface area contributed by atoms with Gasteiger partial charge in [-0.3, -0.25) is 0 Å². The maximum absolute atomic E-state index is 4.86. The molecule has 2 aromatic carbocycles. The molecule has 2 saturated carbocycles. The molecule has 0 unspecified atom stereocenters. The summed E-state index contributed by atoms with van der Waals surface area (Å²) in [6, 6.07) is 18.4. The number of fused-ring (bicyclic) bond motifs is 4. The van der Waals surface area contributed by atoms with Crippen LogP contribution in [0.1, 0.15) is 48.4 Å². The molecule has 6 heteroatoms. The molecule has 0 amide bonds. The highest BCUT2D eigenvalue weighted by atomic mass is 15.3. The summed E-state index contributed by atoms with van der Waals surface area (Å²) in [6.07, 6.45) is 11.4. The Morgan fingerprint density at radius 2 is 1.74 bits per heavy atom. The van der Waals surface area contributed by atoms with Crippen molar-refractivity contribution in [3.8, 4) is 0 Å². The maximum Gasteiger partial charge on any atom is 0.229 e. The van der Waals surface area contributed by atoms with Gasteiger partial charge in [0.2, 0.25) is 5.95 Å². The fraction of sp³-hybridized carbons (Fsp3) is 0.393. The van der Waals surface area contributed by atoms with E-state index in [1.165, 1.54) is 42.4 Å². The first-order chi connectivity index (χ1) is 16.8. The third-order valence-electron chi connectivity index (χ3n) is 8.21. The van der Waals surface area contributed by atoms with Gasteiger partial charge in [0.05, 0.1) is 17.6 Å². The Morgan fingerprint density at radius 3 is 2.47 bits per heavy atom. The Kier molecular flexibility index (Phi) is 4.86. The highest BCUT2D eigenvalue weighted by Crippen LogP contribution is 2.51. The zero-order valence-electron chi connectivity index (χ0n) is 19.3. The molecule has 0 radical (unpaired) electrons. The van der Waals surface area contributed by atoms with E-state index in [4.69, 9.17) is 10.1 Å². The van der Waals surface area contributed by atoms with Gasteiger partial charge in [-0.25, -0.2) is 9.67 Å². The lowest BCUT2D eigenvalue weighted by molar-refractivity contribution is 0.313. The van der Waals surface area contributed by atoms with Crippen molar-refractivity contribution < 1.29 is 0 Å². The van der Waals surface area contributed by atoms with Crippen molar-refractivity contribution in [2.75, 3.05) is 5.32 Å². The van der Waals surface area contributed by atoms with Crippen LogP contribution in [0, 0.1) is 11.8 Å². The van der Waals surface area contributed by atoms with Crippen molar-refractivity contribution in [2.24, 2.45) is 11.8 Å². The molecule has 2 heterocycles. The van der Waals surface area contributed by atoms with Gasteiger partial charge in [0.25, 0.3) is 0 Å². The molecular formula is C28H30N6. The minimum Gasteiger partial charge on any atom is -0.324 e. The second-order valence-corrected chi connectivity index (χ2v) is 10.4. The average molecular weight is 451 g/mol. The molecule has 3 aliphatic rings. The zero-order valence-corrected chi connectivity index (χ0v) is 19.3. The molecular weight excluding hydrogens is 420 g/mol. The van der Waals surface area contributed by atoms with Crippen LogP contribution < -0.4 is 10.6 Å². The maximum atomic E-state index is 4.86. The normalized spacial score (nSPS) is 23.6. The number of rotatable bonds is 6. The number of benzene rings is 2. The highest BCUT2D eigenvalue weighted by molar-refractivity contribution is 5.75. The molecule has 2 aromatic heterocycles. The van der Waals surface area contributed by atoms with Crippen molar-refractivity contribution in [1.82, 2.24) is 25.1 Å². The summed E-state index contributed by atoms with van der Waals surface area (Å²) in [4.78, 5) is 9.39. The van der Waals surface area contributed by atoms with Crippen LogP contribution in [0.2, 0.25) is 0 Å². The van der Waals surface area contributed by atoms with Gasteiger partial charge in [-0.15, -0.1) is 0 Å². The second-order valence-electron chi connectivity index (χ2n) is 10.4. The molecule has 0 saturated heterocycles. The summed E-state index contributed by atoms with van der Waals surface area (Å²) in [5, 5.41) is 12.8. The zero-order chi connectivity index (χ0) is 22.5. The summed E-state index contributed by atoms with van der Waals surface area (Å²) in [5.74, 6) is 2.27. The first-order valence-electron chi connectivity index (χ1n) is 12.6. The third kappa shape index (κ3) is 3.66. The molecule has 34 heavy (non-hydrogen) atoms. The monoisotopic (exact) mass is 450 g/mol. The largest absolute Gasteiger partial charge is 0.324 e. The summed E-state index contributed by atoms with van der Waals surface area (Å²) < 4.78 is 2.17. The van der Waals surface area contributed by atoms with E-state index >= 15 is 0 Å². The van der Waals surface area contributed by atoms with Crippen LogP contribution in [0.15, 0.2) is 60.9 Å². The van der Waals surface area contributed by atoms with E-state index in [0.29, 0.717) is 18.0 Å². The Labute approximate surface area is 199 Å². The number of hydrogen-bond acceptors (Lipinski definition) is 5. The quantitative estimate of drug-likeness (QED) is 0.423. The smallest absolute Gasteiger partial charge is 0.229 e. The van der Waals surface area contributed by atoms with Gasteiger partial charge in [0.1, 0.15) is 0 Å². The van der Waals surface area contributed by atoms with Crippen LogP contribution in [0.25, 0.3) is 11.0 Å². The first kappa shape index (κ1) is 20.2. The Balaban J connectivity index is 1.01. The average Bonchev–Trinajstić information content (AvgIpc) is 3.66. The molecule has 0 aliphatic heterocycles. The molecule has 2 N–H and O–H groups in total. The van der Waals surface area contributed by atoms with E-state index in [2.05, 4.69) is 68.8 Å². The van der Waals surface area contributed by atoms with Gasteiger partial charge in [-0.1, -0.05) is 42.8 Å². The summed E-state index contributed by atoms with van der Waals surface area (Å²) >= 11 is 0. The van der Waals surface area contributed by atoms with Crippen molar-refractivity contribution in [2.45, 2.75) is 57.2 Å². The Bertz CT molecular complexity index is 1300. The standard InChI is InChI=1S/C28H30N6/c1-2-4-21-14-25(13-20(21)3-1)29-15-18-6-9-24(10-7-18)32-28-30-16-23-17-31-34(27(23)33-28)26-12-19-5-8-22(26)11-19/h1-4,6-7,9-10,16-17,19,22,25-26,29H,5,8,11-15H2,(H,30,32,33)/t19-,22-,26+/m1/s1. The number of nitrogens with zero attached hydrogens (tertiary/aromatic N) is 4. The van der Waals surface area contributed by atoms with Crippen LogP contribution in [0.4, 0.5) is 11.6 Å². The van der Waals surface area contributed by atoms with Gasteiger partial charge in [0.15, 0.2) is 5.65 Å². The predicted molar refractivity (Wildman–Crippen MR) is 134 cm³/mol. The first-order valence-corrected chi connectivity index (χ1v) is 12.6. The van der Waals surface area contributed by atoms with Crippen molar-refractivity contribution in [3.05, 3.63) is 77.6 Å². The molecule has 3 aliphatic carbocycles. The lowest BCUT2D eigenvalue weighted by Crippen LogP contribution is -2.28. The fourth-order valence-electron chi connectivity index (χ4n) is 6.45. The molecule has 0 spiro atoms. The molecule has 7 rings (SSSR count). The summed E-state index contributed by atoms with van der Waals surface area (Å²) in [6.45, 7) is 0.879. The second kappa shape index (κ2) is 8.20. The lowest BCUT2D eigenvalue weighted by Gasteiger charge is -2.22. The topological polar surface area (TPSA) is 67.7 Å². The van der Waals surface area contributed by atoms with Crippen molar-refractivity contribution in [3.63, 3.8) is 0 Å². The van der Waals surface area contributed by atoms with E-state index in [0.717, 1.165) is 47.9 Å². The lowest BCUT2D eigenvalue weighted by atomic mass is 9.95. The number of anilines is 2. The van der Waals surface area contributed by atoms with E-state index < -0.39 is 0 Å². The SMILES string of the molecule is c1ccc2c(c1)CC(NCc1ccc(Nc3ncc4cnn([C@H]5C[C@@H]6CC[C@@H]5C6)c4n3)cc1)C2. The van der Waals surface area contributed by atoms with Crippen LogP contribution in [-0.2, 0) is 19.4 Å². The van der Waals surface area contributed by atoms with Crippen LogP contribution >= 0.6 is 0 Å². The fourth-order valence-corrected chi connectivity index (χ4v) is 6.45. The Morgan fingerprint density at radius 1 is 0.912 bits per heavy atom. The third-order valence-corrected chi connectivity index (χ3v) is 8.21. The molecule has 2 fully saturated rings. The highest BCUT2D eigenvalue weighted by Gasteiger charge is 2.41. The minimum atomic E-state index is 0.499. The van der Waals surface area contributed by atoms with Crippen LogP contribution in [0.5, 0.6) is 0 Å². The predicted octanol–water partition coefficient (Wildman–Crippen LogP) is 5.19. The number of hydrogen-bond donors (Lipinski definition) is 2. The molecule has 172 valence electrons. The Hall–Kier alpha value is -3.25. The van der Waals surface area contributed by atoms with E-state index in [1.54, 1.807) is 0 Å². The molecule has 2 bridgehead atoms. The van der Waals surface area contributed by atoms with E-state index in [9.17, 15) is 0 Å². The summed E-state index contributed by atoms with van der Waals surface area (Å²) in [5.41, 5.74) is 6.21. The number of nitrogens with one attached hydrogen (secondary N) is 2. The van der Waals surface area contributed by atoms with Gasteiger partial charge >= 0.3 is 0 Å². The van der Waals surface area contributed by atoms with Gasteiger partial charge in [-0.05, 0) is 72.8 Å². The van der Waals surface area contributed by atoms with Crippen LogP contribution in [0.3, 0.4) is 0 Å². The minimum absolute atomic E-state index is 0.499.